The number of nitrogens with zero attached hydrogens (tertiary/aromatic N) is 1. The summed E-state index contributed by atoms with van der Waals surface area (Å²) in [6.07, 6.45) is 6.66. The number of fused-ring (bicyclic) bond motifs is 1. The van der Waals surface area contributed by atoms with E-state index < -0.39 is 0 Å². The number of thioether (sulfide) groups is 1. The molecule has 2 aromatic carbocycles. The normalized spacial score (nSPS) is 27.0. The first-order valence-electron chi connectivity index (χ1n) is 10.6. The van der Waals surface area contributed by atoms with Gasteiger partial charge >= 0.3 is 0 Å². The Morgan fingerprint density at radius 1 is 1.07 bits per heavy atom. The van der Waals surface area contributed by atoms with Gasteiger partial charge in [0.05, 0.1) is 4.91 Å². The van der Waals surface area contributed by atoms with Gasteiger partial charge in [0.25, 0.3) is 5.91 Å². The summed E-state index contributed by atoms with van der Waals surface area (Å²) in [7, 11) is 0. The topological polar surface area (TPSA) is 50.8 Å². The molecule has 1 unspecified atom stereocenters. The van der Waals surface area contributed by atoms with Gasteiger partial charge in [-0.2, -0.15) is 0 Å². The molecular formula is C24H26N2O3S. The summed E-state index contributed by atoms with van der Waals surface area (Å²) in [4.78, 5) is 16.4. The molecule has 5 rings (SSSR count). The van der Waals surface area contributed by atoms with Crippen molar-refractivity contribution >= 4 is 29.4 Å². The first-order chi connectivity index (χ1) is 14.7. The maximum Gasteiger partial charge on any atom is 0.262 e. The van der Waals surface area contributed by atoms with E-state index in [1.54, 1.807) is 11.8 Å². The molecule has 0 radical (unpaired) electrons. The van der Waals surface area contributed by atoms with Crippen LogP contribution in [-0.2, 0) is 4.79 Å². The van der Waals surface area contributed by atoms with Gasteiger partial charge in [0, 0.05) is 11.7 Å². The SMILES string of the molecule is C[C@@H]1CCCC[C@H]1N1C(=O)/C(=C/c2ccc3c(c2)OCO3)SC1Nc1ccccc1. The van der Waals surface area contributed by atoms with Gasteiger partial charge in [-0.1, -0.05) is 55.8 Å². The standard InChI is InChI=1S/C24H26N2O3S/c1-16-7-5-6-10-19(16)26-23(27)22(30-24(26)25-18-8-3-2-4-9-18)14-17-11-12-20-21(13-17)29-15-28-20/h2-4,8-9,11-14,16,19,24-25H,5-7,10,15H2,1H3/b22-14-/t16-,19-,24?/m1/s1. The number of hydrogen-bond acceptors (Lipinski definition) is 5. The fraction of sp³-hybridized carbons (Fsp3) is 0.375. The molecule has 30 heavy (non-hydrogen) atoms. The molecule has 1 saturated heterocycles. The highest BCUT2D eigenvalue weighted by atomic mass is 32.2. The van der Waals surface area contributed by atoms with Gasteiger partial charge in [0.1, 0.15) is 0 Å². The summed E-state index contributed by atoms with van der Waals surface area (Å²) in [6.45, 7) is 2.53. The van der Waals surface area contributed by atoms with E-state index in [0.717, 1.165) is 34.1 Å². The summed E-state index contributed by atoms with van der Waals surface area (Å²) < 4.78 is 10.9. The third kappa shape index (κ3) is 3.76. The van der Waals surface area contributed by atoms with Crippen molar-refractivity contribution in [3.63, 3.8) is 0 Å². The van der Waals surface area contributed by atoms with Crippen LogP contribution in [0.15, 0.2) is 53.4 Å². The van der Waals surface area contributed by atoms with Crippen LogP contribution in [0.4, 0.5) is 5.69 Å². The summed E-state index contributed by atoms with van der Waals surface area (Å²) in [5, 5.41) is 3.58. The molecule has 2 aliphatic heterocycles. The second-order valence-electron chi connectivity index (χ2n) is 8.14. The number of para-hydroxylation sites is 1. The molecule has 2 aromatic rings. The minimum atomic E-state index is -0.106. The van der Waals surface area contributed by atoms with Crippen molar-refractivity contribution in [2.24, 2.45) is 5.92 Å². The molecule has 0 spiro atoms. The van der Waals surface area contributed by atoms with E-state index in [1.807, 2.05) is 54.6 Å². The smallest absolute Gasteiger partial charge is 0.262 e. The molecule has 2 heterocycles. The van der Waals surface area contributed by atoms with Crippen LogP contribution in [0, 0.1) is 5.92 Å². The van der Waals surface area contributed by atoms with Gasteiger partial charge in [0.2, 0.25) is 6.79 Å². The summed E-state index contributed by atoms with van der Waals surface area (Å²) in [5.41, 5.74) is 1.87. The average Bonchev–Trinajstić information content (AvgIpc) is 3.34. The zero-order valence-electron chi connectivity index (χ0n) is 17.0. The highest BCUT2D eigenvalue weighted by molar-refractivity contribution is 8.05. The lowest BCUT2D eigenvalue weighted by Gasteiger charge is -2.39. The quantitative estimate of drug-likeness (QED) is 0.677. The summed E-state index contributed by atoms with van der Waals surface area (Å²) in [5.74, 6) is 2.11. The lowest BCUT2D eigenvalue weighted by molar-refractivity contribution is -0.129. The fourth-order valence-electron chi connectivity index (χ4n) is 4.52. The Bertz CT molecular complexity index is 962. The van der Waals surface area contributed by atoms with Gasteiger partial charge < -0.3 is 19.7 Å². The number of carbonyl (C=O) groups excluding carboxylic acids is 1. The van der Waals surface area contributed by atoms with Crippen molar-refractivity contribution < 1.29 is 14.3 Å². The molecule has 1 saturated carbocycles. The Morgan fingerprint density at radius 3 is 2.70 bits per heavy atom. The molecule has 0 aromatic heterocycles. The molecule has 1 aliphatic carbocycles. The van der Waals surface area contributed by atoms with E-state index in [2.05, 4.69) is 17.1 Å². The van der Waals surface area contributed by atoms with E-state index in [1.165, 1.54) is 19.3 Å². The zero-order valence-corrected chi connectivity index (χ0v) is 17.9. The van der Waals surface area contributed by atoms with E-state index in [4.69, 9.17) is 9.47 Å². The van der Waals surface area contributed by atoms with Crippen molar-refractivity contribution in [2.75, 3.05) is 12.1 Å². The third-order valence-electron chi connectivity index (χ3n) is 6.12. The van der Waals surface area contributed by atoms with E-state index in [0.29, 0.717) is 5.92 Å². The number of benzene rings is 2. The maximum absolute atomic E-state index is 13.5. The molecular weight excluding hydrogens is 396 g/mol. The van der Waals surface area contributed by atoms with Crippen LogP contribution < -0.4 is 14.8 Å². The van der Waals surface area contributed by atoms with E-state index >= 15 is 0 Å². The molecule has 2 fully saturated rings. The first-order valence-corrected chi connectivity index (χ1v) is 11.5. The second kappa shape index (κ2) is 8.26. The maximum atomic E-state index is 13.5. The molecule has 156 valence electrons. The van der Waals surface area contributed by atoms with Gasteiger partial charge in [-0.15, -0.1) is 0 Å². The highest BCUT2D eigenvalue weighted by Crippen LogP contribution is 2.42. The average molecular weight is 423 g/mol. The third-order valence-corrected chi connectivity index (χ3v) is 7.23. The van der Waals surface area contributed by atoms with Gasteiger partial charge in [-0.25, -0.2) is 0 Å². The molecule has 6 heteroatoms. The van der Waals surface area contributed by atoms with Crippen LogP contribution in [0.5, 0.6) is 11.5 Å². The monoisotopic (exact) mass is 422 g/mol. The van der Waals surface area contributed by atoms with E-state index in [-0.39, 0.29) is 24.2 Å². The molecule has 3 aliphatic rings. The van der Waals surface area contributed by atoms with Crippen molar-refractivity contribution in [1.82, 2.24) is 4.90 Å². The van der Waals surface area contributed by atoms with Gasteiger partial charge in [-0.3, -0.25) is 4.79 Å². The van der Waals surface area contributed by atoms with Gasteiger partial charge in [0.15, 0.2) is 17.0 Å². The molecule has 1 N–H and O–H groups in total. The number of rotatable bonds is 4. The summed E-state index contributed by atoms with van der Waals surface area (Å²) in [6, 6.07) is 16.2. The number of anilines is 1. The number of carbonyl (C=O) groups is 1. The Morgan fingerprint density at radius 2 is 1.87 bits per heavy atom. The van der Waals surface area contributed by atoms with Gasteiger partial charge in [-0.05, 0) is 54.7 Å². The largest absolute Gasteiger partial charge is 0.454 e. The van der Waals surface area contributed by atoms with Crippen molar-refractivity contribution in [3.05, 3.63) is 59.0 Å². The first kappa shape index (κ1) is 19.4. The van der Waals surface area contributed by atoms with Crippen LogP contribution in [-0.4, -0.2) is 29.1 Å². The highest BCUT2D eigenvalue weighted by Gasteiger charge is 2.42. The summed E-state index contributed by atoms with van der Waals surface area (Å²) >= 11 is 1.60. The number of hydrogen-bond donors (Lipinski definition) is 1. The molecule has 5 nitrogen and oxygen atoms in total. The lowest BCUT2D eigenvalue weighted by atomic mass is 9.85. The predicted octanol–water partition coefficient (Wildman–Crippen LogP) is 5.31. The number of amides is 1. The van der Waals surface area contributed by atoms with Crippen molar-refractivity contribution in [3.8, 4) is 11.5 Å². The Kier molecular flexibility index (Phi) is 5.34. The van der Waals surface area contributed by atoms with Crippen LogP contribution >= 0.6 is 11.8 Å². The zero-order chi connectivity index (χ0) is 20.5. The van der Waals surface area contributed by atoms with Crippen LogP contribution in [0.3, 0.4) is 0 Å². The Labute approximate surface area is 181 Å². The Hall–Kier alpha value is -2.60. The van der Waals surface area contributed by atoms with Crippen LogP contribution in [0.25, 0.3) is 6.08 Å². The number of ether oxygens (including phenoxy) is 2. The minimum Gasteiger partial charge on any atom is -0.454 e. The van der Waals surface area contributed by atoms with Crippen molar-refractivity contribution in [2.45, 2.75) is 44.1 Å². The molecule has 3 atom stereocenters. The van der Waals surface area contributed by atoms with Crippen LogP contribution in [0.2, 0.25) is 0 Å². The minimum absolute atomic E-state index is 0.106. The Balaban J connectivity index is 1.45. The number of nitrogens with one attached hydrogen (secondary N) is 1. The molecule has 1 amide bonds. The lowest BCUT2D eigenvalue weighted by Crippen LogP contribution is -2.48. The van der Waals surface area contributed by atoms with Crippen molar-refractivity contribution in [1.29, 1.82) is 0 Å². The van der Waals surface area contributed by atoms with E-state index in [9.17, 15) is 4.79 Å². The fourth-order valence-corrected chi connectivity index (χ4v) is 5.73. The second-order valence-corrected chi connectivity index (χ2v) is 9.27. The predicted molar refractivity (Wildman–Crippen MR) is 120 cm³/mol. The molecule has 0 bridgehead atoms. The van der Waals surface area contributed by atoms with Crippen LogP contribution in [0.1, 0.15) is 38.2 Å².